The van der Waals surface area contributed by atoms with E-state index in [1.807, 2.05) is 31.0 Å². The van der Waals surface area contributed by atoms with Crippen LogP contribution in [0.5, 0.6) is 0 Å². The van der Waals surface area contributed by atoms with E-state index in [0.717, 1.165) is 46.9 Å². The highest BCUT2D eigenvalue weighted by molar-refractivity contribution is 5.86. The molecule has 0 fully saturated rings. The zero-order valence-corrected chi connectivity index (χ0v) is 19.8. The molecule has 6 rings (SSSR count). The minimum absolute atomic E-state index is 0.265. The van der Waals surface area contributed by atoms with Gasteiger partial charge in [-0.1, -0.05) is 18.2 Å². The van der Waals surface area contributed by atoms with Crippen LogP contribution < -0.4 is 4.90 Å². The molecule has 5 aromatic rings. The van der Waals surface area contributed by atoms with Gasteiger partial charge in [-0.3, -0.25) is 4.68 Å². The molecular weight excluding hydrogens is 443 g/mol. The highest BCUT2D eigenvalue weighted by Crippen LogP contribution is 2.45. The zero-order chi connectivity index (χ0) is 24.0. The van der Waals surface area contributed by atoms with E-state index in [2.05, 4.69) is 50.4 Å². The van der Waals surface area contributed by atoms with Crippen molar-refractivity contribution in [3.8, 4) is 11.3 Å². The summed E-state index contributed by atoms with van der Waals surface area (Å²) in [5.41, 5.74) is 5.50. The van der Waals surface area contributed by atoms with Crippen LogP contribution in [0.25, 0.3) is 22.2 Å². The number of benzene rings is 2. The van der Waals surface area contributed by atoms with Gasteiger partial charge in [-0.15, -0.1) is 0 Å². The molecule has 0 amide bonds. The molecule has 1 unspecified atom stereocenters. The summed E-state index contributed by atoms with van der Waals surface area (Å²) in [6.45, 7) is 3.77. The van der Waals surface area contributed by atoms with Crippen molar-refractivity contribution in [1.29, 1.82) is 0 Å². The summed E-state index contributed by atoms with van der Waals surface area (Å²) in [5, 5.41) is 5.75. The predicted molar refractivity (Wildman–Crippen MR) is 134 cm³/mol. The van der Waals surface area contributed by atoms with Crippen molar-refractivity contribution in [3.63, 3.8) is 0 Å². The van der Waals surface area contributed by atoms with Crippen LogP contribution in [0.2, 0.25) is 0 Å². The molecule has 0 aliphatic carbocycles. The molecule has 1 atom stereocenters. The maximum absolute atomic E-state index is 13.5. The van der Waals surface area contributed by atoms with Gasteiger partial charge in [-0.25, -0.2) is 9.37 Å². The number of hydrogen-bond acceptors (Lipinski definition) is 4. The number of H-pyrrole nitrogens is 2. The number of hydrogen-bond donors (Lipinski definition) is 2. The number of nitrogens with zero attached hydrogens (tertiary/aromatic N) is 4. The highest BCUT2D eigenvalue weighted by Gasteiger charge is 2.48. The molecule has 2 aromatic carbocycles. The lowest BCUT2D eigenvalue weighted by Crippen LogP contribution is -2.55. The first-order valence-electron chi connectivity index (χ1n) is 11.9. The molecule has 2 N–H and O–H groups in total. The third kappa shape index (κ3) is 3.44. The van der Waals surface area contributed by atoms with Gasteiger partial charge in [-0.05, 0) is 49.2 Å². The summed E-state index contributed by atoms with van der Waals surface area (Å²) in [7, 11) is 1.93. The van der Waals surface area contributed by atoms with Gasteiger partial charge >= 0.3 is 0 Å². The lowest BCUT2D eigenvalue weighted by atomic mass is 9.81. The van der Waals surface area contributed by atoms with Crippen LogP contribution in [0.1, 0.15) is 23.7 Å². The number of para-hydroxylation sites is 1. The number of aromatic amines is 2. The second kappa shape index (κ2) is 8.39. The van der Waals surface area contributed by atoms with Crippen LogP contribution in [0.3, 0.4) is 0 Å². The van der Waals surface area contributed by atoms with Crippen molar-refractivity contribution in [3.05, 3.63) is 89.8 Å². The quantitative estimate of drug-likeness (QED) is 0.375. The summed E-state index contributed by atoms with van der Waals surface area (Å²) in [6.07, 6.45) is 6.70. The van der Waals surface area contributed by atoms with Crippen LogP contribution in [-0.2, 0) is 23.7 Å². The first kappa shape index (κ1) is 21.6. The van der Waals surface area contributed by atoms with Crippen LogP contribution in [0, 0.1) is 5.82 Å². The molecule has 0 spiro atoms. The third-order valence-electron chi connectivity index (χ3n) is 6.93. The van der Waals surface area contributed by atoms with Gasteiger partial charge in [0.05, 0.1) is 24.2 Å². The molecule has 4 heterocycles. The van der Waals surface area contributed by atoms with Crippen molar-refractivity contribution in [2.75, 3.05) is 24.7 Å². The molecule has 178 valence electrons. The minimum atomic E-state index is -0.658. The van der Waals surface area contributed by atoms with Crippen LogP contribution in [-0.4, -0.2) is 44.5 Å². The van der Waals surface area contributed by atoms with Gasteiger partial charge in [-0.2, -0.15) is 5.10 Å². The normalized spacial score (nSPS) is 17.7. The Morgan fingerprint density at radius 1 is 1.14 bits per heavy atom. The Hall–Kier alpha value is -3.91. The van der Waals surface area contributed by atoms with E-state index >= 15 is 0 Å². The Balaban J connectivity index is 1.55. The number of imidazole rings is 1. The number of rotatable bonds is 6. The van der Waals surface area contributed by atoms with Gasteiger partial charge in [0.15, 0.2) is 0 Å². The Morgan fingerprint density at radius 3 is 2.74 bits per heavy atom. The largest absolute Gasteiger partial charge is 0.378 e. The molecule has 0 bridgehead atoms. The Bertz CT molecular complexity index is 1480. The zero-order valence-electron chi connectivity index (χ0n) is 19.8. The summed E-state index contributed by atoms with van der Waals surface area (Å²) in [6, 6.07) is 14.8. The van der Waals surface area contributed by atoms with Crippen molar-refractivity contribution < 1.29 is 9.13 Å². The highest BCUT2D eigenvalue weighted by atomic mass is 19.1. The number of fused-ring (bicyclic) bond motifs is 3. The van der Waals surface area contributed by atoms with E-state index in [0.29, 0.717) is 13.2 Å². The summed E-state index contributed by atoms with van der Waals surface area (Å²) >= 11 is 0. The molecule has 7 nitrogen and oxygen atoms in total. The molecule has 35 heavy (non-hydrogen) atoms. The second-order valence-electron chi connectivity index (χ2n) is 8.94. The molecule has 1 aliphatic rings. The fourth-order valence-electron chi connectivity index (χ4n) is 5.29. The summed E-state index contributed by atoms with van der Waals surface area (Å²) in [5.74, 6) is 0.469. The third-order valence-corrected chi connectivity index (χ3v) is 6.93. The first-order valence-corrected chi connectivity index (χ1v) is 11.9. The number of aromatic nitrogens is 5. The van der Waals surface area contributed by atoms with Crippen LogP contribution in [0.15, 0.2) is 67.1 Å². The average Bonchev–Trinajstić information content (AvgIpc) is 3.61. The smallest absolute Gasteiger partial charge is 0.204 e. The first-order chi connectivity index (χ1) is 17.1. The summed E-state index contributed by atoms with van der Waals surface area (Å²) < 4.78 is 21.5. The summed E-state index contributed by atoms with van der Waals surface area (Å²) in [4.78, 5) is 14.3. The number of halogens is 1. The lowest BCUT2D eigenvalue weighted by Gasteiger charge is -2.46. The monoisotopic (exact) mass is 470 g/mol. The van der Waals surface area contributed by atoms with Crippen molar-refractivity contribution in [2.45, 2.75) is 18.9 Å². The number of aryl methyl sites for hydroxylation is 1. The van der Waals surface area contributed by atoms with Gasteiger partial charge in [0, 0.05) is 54.6 Å². The van der Waals surface area contributed by atoms with E-state index in [9.17, 15) is 4.39 Å². The van der Waals surface area contributed by atoms with E-state index in [1.54, 1.807) is 12.1 Å². The Labute approximate surface area is 202 Å². The minimum Gasteiger partial charge on any atom is -0.378 e. The van der Waals surface area contributed by atoms with Crippen molar-refractivity contribution in [2.24, 2.45) is 7.05 Å². The standard InChI is InChI=1S/C27H27FN6O/c1-3-35-17-27(19-14-30-33(2)16-19)25-22(21-6-4-5-7-23(21)31-25)12-13-34(27)26-29-15-24(32-26)18-8-10-20(28)11-9-18/h4-11,14-16,31H,3,12-13,17H2,1-2H3,(H,29,32). The fraction of sp³-hybridized carbons (Fsp3) is 0.259. The topological polar surface area (TPSA) is 74.8 Å². The molecular formula is C27H27FN6O. The molecule has 8 heteroatoms. The van der Waals surface area contributed by atoms with E-state index in [4.69, 9.17) is 9.72 Å². The van der Waals surface area contributed by atoms with Gasteiger partial charge in [0.2, 0.25) is 5.95 Å². The number of nitrogens with one attached hydrogen (secondary N) is 2. The van der Waals surface area contributed by atoms with E-state index in [1.165, 1.54) is 23.1 Å². The van der Waals surface area contributed by atoms with Crippen LogP contribution >= 0.6 is 0 Å². The SMILES string of the molecule is CCOCC1(c2cnn(C)c2)c2[nH]c3ccccc3c2CCN1c1nc(-c2ccc(F)cc2)c[nH]1. The maximum atomic E-state index is 13.5. The maximum Gasteiger partial charge on any atom is 0.204 e. The van der Waals surface area contributed by atoms with Gasteiger partial charge in [0.1, 0.15) is 11.4 Å². The lowest BCUT2D eigenvalue weighted by molar-refractivity contribution is 0.100. The van der Waals surface area contributed by atoms with Crippen LogP contribution in [0.4, 0.5) is 10.3 Å². The number of ether oxygens (including phenoxy) is 1. The molecule has 1 aliphatic heterocycles. The molecule has 0 saturated heterocycles. The fourth-order valence-corrected chi connectivity index (χ4v) is 5.29. The van der Waals surface area contributed by atoms with Crippen molar-refractivity contribution >= 4 is 16.9 Å². The predicted octanol–water partition coefficient (Wildman–Crippen LogP) is 4.77. The molecule has 0 radical (unpaired) electrons. The Kier molecular flexibility index (Phi) is 5.18. The molecule has 3 aromatic heterocycles. The van der Waals surface area contributed by atoms with E-state index in [-0.39, 0.29) is 5.82 Å². The van der Waals surface area contributed by atoms with Gasteiger partial charge in [0.25, 0.3) is 0 Å². The molecule has 0 saturated carbocycles. The van der Waals surface area contributed by atoms with Crippen molar-refractivity contribution in [1.82, 2.24) is 24.7 Å². The van der Waals surface area contributed by atoms with Gasteiger partial charge < -0.3 is 19.6 Å². The Morgan fingerprint density at radius 2 is 1.97 bits per heavy atom. The van der Waals surface area contributed by atoms with E-state index < -0.39 is 5.54 Å². The number of anilines is 1. The average molecular weight is 471 g/mol. The second-order valence-corrected chi connectivity index (χ2v) is 8.94.